The average Bonchev–Trinajstić information content (AvgIpc) is 3.03. The monoisotopic (exact) mass is 357 g/mol. The van der Waals surface area contributed by atoms with Crippen molar-refractivity contribution < 1.29 is 19.1 Å². The fourth-order valence-corrected chi connectivity index (χ4v) is 3.26. The molecule has 1 aliphatic heterocycles. The number of aryl methyl sites for hydroxylation is 1. The van der Waals surface area contributed by atoms with Gasteiger partial charge >= 0.3 is 0 Å². The van der Waals surface area contributed by atoms with Crippen molar-refractivity contribution in [1.82, 2.24) is 0 Å². The summed E-state index contributed by atoms with van der Waals surface area (Å²) in [6, 6.07) is 11.5. The molecule has 1 heterocycles. The van der Waals surface area contributed by atoms with E-state index in [0.29, 0.717) is 28.5 Å². The van der Waals surface area contributed by atoms with Crippen LogP contribution in [0.5, 0.6) is 11.5 Å². The summed E-state index contributed by atoms with van der Waals surface area (Å²) in [5.74, 6) is 1.83. The van der Waals surface area contributed by atoms with Crippen LogP contribution in [-0.4, -0.2) is 24.2 Å². The van der Waals surface area contributed by atoms with Gasteiger partial charge in [-0.05, 0) is 25.5 Å². The number of hydrogen-bond acceptors (Lipinski definition) is 5. The summed E-state index contributed by atoms with van der Waals surface area (Å²) in [4.78, 5) is 24.0. The number of fused-ring (bicyclic) bond motifs is 1. The third kappa shape index (κ3) is 4.33. The first kappa shape index (κ1) is 17.4. The number of anilines is 1. The number of hydrogen-bond donors (Lipinski definition) is 1. The minimum Gasteiger partial charge on any atom is -0.454 e. The third-order valence-electron chi connectivity index (χ3n) is 3.79. The fourth-order valence-electron chi connectivity index (χ4n) is 2.47. The summed E-state index contributed by atoms with van der Waals surface area (Å²) in [5.41, 5.74) is 3.26. The second-order valence-corrected chi connectivity index (χ2v) is 6.82. The van der Waals surface area contributed by atoms with Crippen LogP contribution in [0.1, 0.15) is 28.4 Å². The molecule has 5 nitrogen and oxygen atoms in total. The highest BCUT2D eigenvalue weighted by Gasteiger charge is 2.20. The van der Waals surface area contributed by atoms with Crippen LogP contribution >= 0.6 is 11.8 Å². The molecule has 0 saturated heterocycles. The number of carbonyl (C=O) groups is 2. The zero-order chi connectivity index (χ0) is 17.8. The Hall–Kier alpha value is -2.47. The number of nitrogens with one attached hydrogen (secondary N) is 1. The lowest BCUT2D eigenvalue weighted by Crippen LogP contribution is -2.16. The Balaban J connectivity index is 1.60. The van der Waals surface area contributed by atoms with Crippen molar-refractivity contribution in [2.75, 3.05) is 17.9 Å². The number of carbonyl (C=O) groups excluding carboxylic acids is 2. The normalized spacial score (nSPS) is 12.1. The first-order valence-corrected chi connectivity index (χ1v) is 9.06. The average molecular weight is 357 g/mol. The van der Waals surface area contributed by atoms with Crippen LogP contribution in [0.15, 0.2) is 36.4 Å². The number of thioether (sulfide) groups is 1. The molecule has 0 fully saturated rings. The number of amides is 1. The Labute approximate surface area is 150 Å². The predicted molar refractivity (Wildman–Crippen MR) is 98.5 cm³/mol. The van der Waals surface area contributed by atoms with Crippen LogP contribution in [0.4, 0.5) is 5.69 Å². The number of rotatable bonds is 6. The van der Waals surface area contributed by atoms with E-state index in [1.54, 1.807) is 12.1 Å². The molecule has 0 aromatic heterocycles. The Bertz CT molecular complexity index is 802. The lowest BCUT2D eigenvalue weighted by molar-refractivity contribution is -0.113. The zero-order valence-electron chi connectivity index (χ0n) is 14.1. The Morgan fingerprint density at radius 2 is 1.80 bits per heavy atom. The molecule has 0 bridgehead atoms. The van der Waals surface area contributed by atoms with Crippen molar-refractivity contribution in [2.24, 2.45) is 0 Å². The van der Waals surface area contributed by atoms with Gasteiger partial charge in [-0.2, -0.15) is 0 Å². The number of ketones is 1. The maximum absolute atomic E-state index is 12.2. The molecule has 0 saturated carbocycles. The van der Waals surface area contributed by atoms with Gasteiger partial charge in [-0.1, -0.05) is 29.8 Å². The molecule has 1 aliphatic rings. The van der Waals surface area contributed by atoms with Crippen LogP contribution in [0.25, 0.3) is 0 Å². The van der Waals surface area contributed by atoms with Gasteiger partial charge in [0.25, 0.3) is 0 Å². The minimum atomic E-state index is -0.154. The Morgan fingerprint density at radius 3 is 2.48 bits per heavy atom. The summed E-state index contributed by atoms with van der Waals surface area (Å²) < 4.78 is 10.6. The molecule has 2 aromatic rings. The molecular weight excluding hydrogens is 338 g/mol. The molecular formula is C19H19NO4S. The van der Waals surface area contributed by atoms with Crippen molar-refractivity contribution in [3.8, 4) is 11.5 Å². The minimum absolute atomic E-state index is 0.122. The predicted octanol–water partition coefficient (Wildman–Crippen LogP) is 3.80. The van der Waals surface area contributed by atoms with Crippen LogP contribution in [0, 0.1) is 6.92 Å². The molecule has 0 spiro atoms. The van der Waals surface area contributed by atoms with Gasteiger partial charge in [-0.3, -0.25) is 9.59 Å². The standard InChI is InChI=1S/C19H19NO4S/c1-12-3-5-14(6-4-12)9-25-10-19(22)20-16-8-18-17(23-11-24-18)7-15(16)13(2)21/h3-8H,9-11H2,1-2H3,(H,20,22). The third-order valence-corrected chi connectivity index (χ3v) is 4.79. The van der Waals surface area contributed by atoms with Crippen molar-refractivity contribution in [2.45, 2.75) is 19.6 Å². The van der Waals surface area contributed by atoms with E-state index in [2.05, 4.69) is 29.6 Å². The van der Waals surface area contributed by atoms with E-state index in [9.17, 15) is 9.59 Å². The maximum Gasteiger partial charge on any atom is 0.234 e. The van der Waals surface area contributed by atoms with Crippen molar-refractivity contribution in [1.29, 1.82) is 0 Å². The number of Topliss-reactive ketones (excluding diaryl/α,β-unsaturated/α-hetero) is 1. The molecule has 25 heavy (non-hydrogen) atoms. The summed E-state index contributed by atoms with van der Waals surface area (Å²) in [6.45, 7) is 3.62. The highest BCUT2D eigenvalue weighted by atomic mass is 32.2. The lowest BCUT2D eigenvalue weighted by Gasteiger charge is -2.10. The molecule has 1 amide bonds. The molecule has 3 rings (SSSR count). The summed E-state index contributed by atoms with van der Waals surface area (Å²) in [5, 5.41) is 2.80. The number of ether oxygens (including phenoxy) is 2. The molecule has 0 radical (unpaired) electrons. The highest BCUT2D eigenvalue weighted by Crippen LogP contribution is 2.37. The fraction of sp³-hybridized carbons (Fsp3) is 0.263. The highest BCUT2D eigenvalue weighted by molar-refractivity contribution is 7.99. The van der Waals surface area contributed by atoms with Gasteiger partial charge in [-0.15, -0.1) is 11.8 Å². The zero-order valence-corrected chi connectivity index (χ0v) is 14.9. The molecule has 0 atom stereocenters. The van der Waals surface area contributed by atoms with Gasteiger partial charge in [0.15, 0.2) is 17.3 Å². The van der Waals surface area contributed by atoms with E-state index in [-0.39, 0.29) is 18.5 Å². The summed E-state index contributed by atoms with van der Waals surface area (Å²) in [7, 11) is 0. The van der Waals surface area contributed by atoms with Gasteiger partial charge < -0.3 is 14.8 Å². The van der Waals surface area contributed by atoms with Crippen LogP contribution in [0.2, 0.25) is 0 Å². The van der Waals surface area contributed by atoms with Gasteiger partial charge in [0.2, 0.25) is 12.7 Å². The molecule has 2 aromatic carbocycles. The first-order chi connectivity index (χ1) is 12.0. The van der Waals surface area contributed by atoms with Gasteiger partial charge in [0, 0.05) is 17.4 Å². The van der Waals surface area contributed by atoms with Crippen molar-refractivity contribution >= 4 is 29.1 Å². The molecule has 1 N–H and O–H groups in total. The van der Waals surface area contributed by atoms with Crippen LogP contribution in [0.3, 0.4) is 0 Å². The number of benzene rings is 2. The van der Waals surface area contributed by atoms with Gasteiger partial charge in [0.1, 0.15) is 0 Å². The maximum atomic E-state index is 12.2. The molecule has 0 unspecified atom stereocenters. The second kappa shape index (κ2) is 7.61. The van der Waals surface area contributed by atoms with E-state index < -0.39 is 0 Å². The quantitative estimate of drug-likeness (QED) is 0.797. The van der Waals surface area contributed by atoms with Gasteiger partial charge in [0.05, 0.1) is 11.4 Å². The van der Waals surface area contributed by atoms with Crippen LogP contribution in [-0.2, 0) is 10.5 Å². The summed E-state index contributed by atoms with van der Waals surface area (Å²) in [6.07, 6.45) is 0. The van der Waals surface area contributed by atoms with Crippen molar-refractivity contribution in [3.05, 3.63) is 53.1 Å². The SMILES string of the molecule is CC(=O)c1cc2c(cc1NC(=O)CSCc1ccc(C)cc1)OCO2. The largest absolute Gasteiger partial charge is 0.454 e. The van der Waals surface area contributed by atoms with Crippen molar-refractivity contribution in [3.63, 3.8) is 0 Å². The first-order valence-electron chi connectivity index (χ1n) is 7.90. The van der Waals surface area contributed by atoms with E-state index >= 15 is 0 Å². The molecule has 0 aliphatic carbocycles. The van der Waals surface area contributed by atoms with E-state index in [1.807, 2.05) is 6.92 Å². The molecule has 6 heteroatoms. The smallest absolute Gasteiger partial charge is 0.234 e. The van der Waals surface area contributed by atoms with E-state index in [1.165, 1.54) is 29.8 Å². The molecule has 130 valence electrons. The Morgan fingerprint density at radius 1 is 1.12 bits per heavy atom. The lowest BCUT2D eigenvalue weighted by atomic mass is 10.1. The summed E-state index contributed by atoms with van der Waals surface area (Å²) >= 11 is 1.53. The van der Waals surface area contributed by atoms with E-state index in [4.69, 9.17) is 9.47 Å². The van der Waals surface area contributed by atoms with Crippen LogP contribution < -0.4 is 14.8 Å². The van der Waals surface area contributed by atoms with E-state index in [0.717, 1.165) is 5.75 Å². The second-order valence-electron chi connectivity index (χ2n) is 5.83. The Kier molecular flexibility index (Phi) is 5.28. The van der Waals surface area contributed by atoms with Gasteiger partial charge in [-0.25, -0.2) is 0 Å². The topological polar surface area (TPSA) is 64.6 Å².